The molecule has 15 heteroatoms. The second-order valence-corrected chi connectivity index (χ2v) is 11.1. The molecule has 2 aliphatic rings. The van der Waals surface area contributed by atoms with E-state index in [1.807, 2.05) is 0 Å². The number of hydrogen-bond acceptors (Lipinski definition) is 8. The average Bonchev–Trinajstić information content (AvgIpc) is 3.43. The number of nitrogens with zero attached hydrogens (tertiary/aromatic N) is 2. The molecule has 210 valence electrons. The standard InChI is InChI=1S/C24H25F3N4O7S/c1-2-5-17(28-21(33)14-7-9-15(10-8-14)38-24(25,26)27)23(34)30-13-11-16-19(30)20(32)22(29-16)39(36,37)18-6-3-4-12-31(18)35/h3-4,6-10,12,16-17,19,22,29H,2,5,11,13H2,1H3,(H,28,33). The van der Waals surface area contributed by atoms with Crippen LogP contribution < -0.4 is 20.1 Å². The van der Waals surface area contributed by atoms with Crippen LogP contribution in [0.4, 0.5) is 13.2 Å². The molecular formula is C24H25F3N4O7S. The molecule has 4 unspecified atom stereocenters. The van der Waals surface area contributed by atoms with Crippen LogP contribution in [0, 0.1) is 5.21 Å². The second-order valence-electron chi connectivity index (χ2n) is 9.12. The molecule has 4 rings (SSSR count). The monoisotopic (exact) mass is 570 g/mol. The number of carbonyl (C=O) groups is 3. The van der Waals surface area contributed by atoms with Crippen molar-refractivity contribution in [2.24, 2.45) is 0 Å². The number of pyridine rings is 1. The highest BCUT2D eigenvalue weighted by Crippen LogP contribution is 2.30. The van der Waals surface area contributed by atoms with E-state index in [9.17, 15) is 41.2 Å². The molecule has 2 amide bonds. The van der Waals surface area contributed by atoms with E-state index in [0.717, 1.165) is 36.5 Å². The maximum atomic E-state index is 13.5. The Hall–Kier alpha value is -3.72. The predicted octanol–water partition coefficient (Wildman–Crippen LogP) is 1.06. The molecule has 2 aliphatic heterocycles. The van der Waals surface area contributed by atoms with Gasteiger partial charge in [-0.2, -0.15) is 4.73 Å². The zero-order valence-electron chi connectivity index (χ0n) is 20.6. The van der Waals surface area contributed by atoms with Crippen LogP contribution in [0.2, 0.25) is 0 Å². The van der Waals surface area contributed by atoms with Gasteiger partial charge in [-0.25, -0.2) is 8.42 Å². The first-order chi connectivity index (χ1) is 18.3. The number of ketones is 1. The van der Waals surface area contributed by atoms with Crippen LogP contribution in [0.5, 0.6) is 5.75 Å². The molecular weight excluding hydrogens is 545 g/mol. The normalized spacial score (nSPS) is 21.9. The van der Waals surface area contributed by atoms with Gasteiger partial charge in [0.25, 0.3) is 15.7 Å². The number of amides is 2. The number of alkyl halides is 3. The van der Waals surface area contributed by atoms with Crippen LogP contribution >= 0.6 is 0 Å². The lowest BCUT2D eigenvalue weighted by Gasteiger charge is -2.28. The van der Waals surface area contributed by atoms with Crippen LogP contribution in [0.15, 0.2) is 53.7 Å². The lowest BCUT2D eigenvalue weighted by atomic mass is 10.1. The minimum Gasteiger partial charge on any atom is -0.618 e. The maximum Gasteiger partial charge on any atom is 0.573 e. The summed E-state index contributed by atoms with van der Waals surface area (Å²) in [6, 6.07) is 5.09. The van der Waals surface area contributed by atoms with Gasteiger partial charge in [-0.05, 0) is 43.2 Å². The summed E-state index contributed by atoms with van der Waals surface area (Å²) in [6.45, 7) is 1.90. The van der Waals surface area contributed by atoms with Crippen LogP contribution in [0.1, 0.15) is 36.5 Å². The van der Waals surface area contributed by atoms with Crippen LogP contribution in [-0.4, -0.2) is 67.3 Å². The molecule has 2 saturated heterocycles. The molecule has 0 spiro atoms. The molecule has 0 aliphatic carbocycles. The van der Waals surface area contributed by atoms with E-state index in [1.54, 1.807) is 6.92 Å². The molecule has 4 atom stereocenters. The van der Waals surface area contributed by atoms with E-state index in [4.69, 9.17) is 0 Å². The summed E-state index contributed by atoms with van der Waals surface area (Å²) in [7, 11) is -4.41. The third-order valence-corrected chi connectivity index (χ3v) is 8.41. The summed E-state index contributed by atoms with van der Waals surface area (Å²) in [4.78, 5) is 40.7. The first-order valence-electron chi connectivity index (χ1n) is 12.0. The number of nitrogens with one attached hydrogen (secondary N) is 2. The Labute approximate surface area is 221 Å². The first kappa shape index (κ1) is 28.3. The van der Waals surface area contributed by atoms with Crippen molar-refractivity contribution < 1.29 is 45.4 Å². The van der Waals surface area contributed by atoms with Gasteiger partial charge in [0.15, 0.2) is 17.4 Å². The van der Waals surface area contributed by atoms with Gasteiger partial charge in [-0.15, -0.1) is 13.2 Å². The average molecular weight is 571 g/mol. The third-order valence-electron chi connectivity index (χ3n) is 6.52. The number of carbonyl (C=O) groups excluding carboxylic acids is 3. The van der Waals surface area contributed by atoms with Crippen molar-refractivity contribution in [1.82, 2.24) is 15.5 Å². The number of hydrogen-bond donors (Lipinski definition) is 2. The molecule has 1 aromatic heterocycles. The predicted molar refractivity (Wildman–Crippen MR) is 128 cm³/mol. The topological polar surface area (TPSA) is 149 Å². The van der Waals surface area contributed by atoms with Crippen molar-refractivity contribution in [3.05, 3.63) is 59.4 Å². The van der Waals surface area contributed by atoms with Gasteiger partial charge < -0.3 is 20.2 Å². The lowest BCUT2D eigenvalue weighted by molar-refractivity contribution is -0.646. The zero-order chi connectivity index (χ0) is 28.5. The van der Waals surface area contributed by atoms with Gasteiger partial charge in [0.2, 0.25) is 5.91 Å². The maximum absolute atomic E-state index is 13.5. The van der Waals surface area contributed by atoms with Crippen molar-refractivity contribution in [2.45, 2.75) is 61.1 Å². The van der Waals surface area contributed by atoms with Gasteiger partial charge in [0, 0.05) is 30.3 Å². The minimum atomic E-state index is -4.89. The summed E-state index contributed by atoms with van der Waals surface area (Å²) in [5, 5.41) is 15.0. The van der Waals surface area contributed by atoms with Crippen LogP contribution in [0.3, 0.4) is 0 Å². The molecule has 3 heterocycles. The lowest BCUT2D eigenvalue weighted by Crippen LogP contribution is -2.53. The minimum absolute atomic E-state index is 0.0173. The molecule has 2 N–H and O–H groups in total. The summed E-state index contributed by atoms with van der Waals surface area (Å²) >= 11 is 0. The van der Waals surface area contributed by atoms with E-state index in [2.05, 4.69) is 15.4 Å². The number of aromatic nitrogens is 1. The van der Waals surface area contributed by atoms with E-state index in [1.165, 1.54) is 17.0 Å². The van der Waals surface area contributed by atoms with Gasteiger partial charge in [0.05, 0.1) is 0 Å². The molecule has 39 heavy (non-hydrogen) atoms. The van der Waals surface area contributed by atoms with E-state index in [-0.39, 0.29) is 29.7 Å². The number of Topliss-reactive ketones (excluding diaryl/α,β-unsaturated/α-hetero) is 1. The Morgan fingerprint density at radius 3 is 2.54 bits per heavy atom. The highest BCUT2D eigenvalue weighted by atomic mass is 32.2. The van der Waals surface area contributed by atoms with Crippen molar-refractivity contribution in [2.75, 3.05) is 6.54 Å². The molecule has 2 aromatic rings. The van der Waals surface area contributed by atoms with Gasteiger partial charge in [-0.1, -0.05) is 13.3 Å². The van der Waals surface area contributed by atoms with E-state index < -0.39 is 68.1 Å². The number of benzene rings is 1. The highest BCUT2D eigenvalue weighted by molar-refractivity contribution is 7.92. The van der Waals surface area contributed by atoms with Crippen molar-refractivity contribution in [3.63, 3.8) is 0 Å². The van der Waals surface area contributed by atoms with Crippen LogP contribution in [-0.2, 0) is 19.4 Å². The van der Waals surface area contributed by atoms with E-state index >= 15 is 0 Å². The molecule has 1 aromatic carbocycles. The number of sulfone groups is 1. The summed E-state index contributed by atoms with van der Waals surface area (Å²) in [5.74, 6) is -2.62. The van der Waals surface area contributed by atoms with E-state index in [0.29, 0.717) is 6.42 Å². The highest BCUT2D eigenvalue weighted by Gasteiger charge is 2.56. The fourth-order valence-corrected chi connectivity index (χ4v) is 6.41. The molecule has 0 bridgehead atoms. The van der Waals surface area contributed by atoms with Gasteiger partial charge in [-0.3, -0.25) is 19.7 Å². The van der Waals surface area contributed by atoms with Crippen molar-refractivity contribution in [1.29, 1.82) is 0 Å². The Balaban J connectivity index is 1.49. The smallest absolute Gasteiger partial charge is 0.573 e. The molecule has 2 fully saturated rings. The molecule has 0 saturated carbocycles. The first-order valence-corrected chi connectivity index (χ1v) is 13.6. The summed E-state index contributed by atoms with van der Waals surface area (Å²) < 4.78 is 67.3. The summed E-state index contributed by atoms with van der Waals surface area (Å²) in [6.07, 6.45) is -2.96. The Bertz CT molecular complexity index is 1370. The van der Waals surface area contributed by atoms with Crippen molar-refractivity contribution >= 4 is 27.4 Å². The fourth-order valence-electron chi connectivity index (χ4n) is 4.79. The second kappa shape index (κ2) is 10.8. The molecule has 11 nitrogen and oxygen atoms in total. The van der Waals surface area contributed by atoms with Gasteiger partial charge in [0.1, 0.15) is 17.8 Å². The number of rotatable bonds is 8. The fraction of sp³-hybridized carbons (Fsp3) is 0.417. The SMILES string of the molecule is CCCC(NC(=O)c1ccc(OC(F)(F)F)cc1)C(=O)N1CCC2NC(S(=O)(=O)c3cccc[n+]3[O-])C(=O)C21. The third kappa shape index (κ3) is 5.83. The zero-order valence-corrected chi connectivity index (χ0v) is 21.4. The number of likely N-dealkylation sites (tertiary alicyclic amines) is 1. The summed E-state index contributed by atoms with van der Waals surface area (Å²) in [5.41, 5.74) is -0.0173. The van der Waals surface area contributed by atoms with Crippen LogP contribution in [0.25, 0.3) is 0 Å². The Morgan fingerprint density at radius 1 is 1.23 bits per heavy atom. The number of fused-ring (bicyclic) bond motifs is 1. The quantitative estimate of drug-likeness (QED) is 0.354. The Morgan fingerprint density at radius 2 is 1.92 bits per heavy atom. The van der Waals surface area contributed by atoms with Gasteiger partial charge >= 0.3 is 11.4 Å². The Kier molecular flexibility index (Phi) is 7.84. The number of ether oxygens (including phenoxy) is 1. The number of halogens is 3. The largest absolute Gasteiger partial charge is 0.618 e. The molecule has 0 radical (unpaired) electrons. The van der Waals surface area contributed by atoms with Crippen molar-refractivity contribution in [3.8, 4) is 5.75 Å².